The van der Waals surface area contributed by atoms with Gasteiger partial charge < -0.3 is 50.3 Å². The molecule has 0 aliphatic carbocycles. The van der Waals surface area contributed by atoms with Crippen LogP contribution in [0.3, 0.4) is 0 Å². The lowest BCUT2D eigenvalue weighted by Crippen LogP contribution is -2.62. The minimum atomic E-state index is -1.51. The predicted octanol–water partition coefficient (Wildman–Crippen LogP) is 0.516. The highest BCUT2D eigenvalue weighted by atomic mass is 16.5. The molecule has 56 heavy (non-hydrogen) atoms. The highest BCUT2D eigenvalue weighted by molar-refractivity contribution is 5.98. The van der Waals surface area contributed by atoms with Crippen molar-refractivity contribution in [3.8, 4) is 23.0 Å². The minimum Gasteiger partial charge on any atom is -0.504 e. The highest BCUT2D eigenvalue weighted by Crippen LogP contribution is 2.33. The largest absolute Gasteiger partial charge is 0.504 e. The number of aliphatic hydroxyl groups is 1. The van der Waals surface area contributed by atoms with Gasteiger partial charge in [0.25, 0.3) is 0 Å². The van der Waals surface area contributed by atoms with Crippen LogP contribution in [0, 0.1) is 0 Å². The number of amides is 6. The van der Waals surface area contributed by atoms with Gasteiger partial charge in [-0.25, -0.2) is 0 Å². The highest BCUT2D eigenvalue weighted by Gasteiger charge is 2.39. The zero-order valence-corrected chi connectivity index (χ0v) is 32.1. The average molecular weight is 773 g/mol. The van der Waals surface area contributed by atoms with Crippen LogP contribution in [-0.2, 0) is 48.0 Å². The van der Waals surface area contributed by atoms with Crippen LogP contribution in [-0.4, -0.2) is 131 Å². The van der Waals surface area contributed by atoms with Crippen LogP contribution in [0.25, 0.3) is 0 Å². The van der Waals surface area contributed by atoms with Gasteiger partial charge in [-0.3, -0.25) is 28.8 Å². The maximum Gasteiger partial charge on any atom is 0.247 e. The van der Waals surface area contributed by atoms with Crippen LogP contribution in [0.15, 0.2) is 66.7 Å². The molecule has 0 spiro atoms. The first-order chi connectivity index (χ1) is 26.6. The number of likely N-dealkylation sites (N-methyl/N-ethyl adjacent to an activating group) is 3. The van der Waals surface area contributed by atoms with E-state index in [0.717, 1.165) is 4.90 Å². The SMILES string of the molecule is COc1ccc(C[C@H]2C(=O)N[C@H](C)C(=O)N(C)[C@@H]3Cc4ccc(cc4)Oc4cc(ccc4O)C[C@@H](C(=O)N[C@@H](C)C(=O)N[C@@H](CO)C(=O)N2C)N(C)C3=O)cc1. The van der Waals surface area contributed by atoms with E-state index in [1.807, 2.05) is 0 Å². The Kier molecular flexibility index (Phi) is 12.8. The van der Waals surface area contributed by atoms with Crippen molar-refractivity contribution >= 4 is 35.4 Å². The lowest BCUT2D eigenvalue weighted by molar-refractivity contribution is -0.149. The third-order valence-corrected chi connectivity index (χ3v) is 10.2. The number of carbonyl (C=O) groups excluding carboxylic acids is 6. The van der Waals surface area contributed by atoms with Crippen molar-refractivity contribution in [3.05, 3.63) is 83.4 Å². The normalized spacial score (nSPS) is 24.4. The fraction of sp³-hybridized carbons (Fsp3) is 0.400. The van der Waals surface area contributed by atoms with Gasteiger partial charge in [0.05, 0.1) is 13.7 Å². The maximum absolute atomic E-state index is 14.6. The number of hydrogen-bond acceptors (Lipinski definition) is 10. The lowest BCUT2D eigenvalue weighted by atomic mass is 9.98. The maximum atomic E-state index is 14.6. The Hall–Kier alpha value is -6.16. The molecular formula is C40H48N6O10. The van der Waals surface area contributed by atoms with Gasteiger partial charge in [-0.15, -0.1) is 0 Å². The molecule has 0 aromatic heterocycles. The quantitative estimate of drug-likeness (QED) is 0.249. The Balaban J connectivity index is 1.58. The fourth-order valence-electron chi connectivity index (χ4n) is 6.70. The first kappa shape index (κ1) is 41.0. The van der Waals surface area contributed by atoms with E-state index < -0.39 is 78.3 Å². The molecule has 6 bridgehead atoms. The van der Waals surface area contributed by atoms with Crippen LogP contribution in [0.5, 0.6) is 23.0 Å². The van der Waals surface area contributed by atoms with Crippen molar-refractivity contribution < 1.29 is 48.5 Å². The first-order valence-electron chi connectivity index (χ1n) is 18.1. The Morgan fingerprint density at radius 2 is 1.30 bits per heavy atom. The average Bonchev–Trinajstić information content (AvgIpc) is 3.19. The van der Waals surface area contributed by atoms with Crippen LogP contribution in [0.4, 0.5) is 0 Å². The molecule has 16 nitrogen and oxygen atoms in total. The molecule has 3 heterocycles. The number of nitrogens with one attached hydrogen (secondary N) is 3. The first-order valence-corrected chi connectivity index (χ1v) is 18.1. The summed E-state index contributed by atoms with van der Waals surface area (Å²) in [5.41, 5.74) is 1.79. The van der Waals surface area contributed by atoms with Gasteiger partial charge in [-0.2, -0.15) is 0 Å². The molecule has 1 fully saturated rings. The van der Waals surface area contributed by atoms with E-state index in [4.69, 9.17) is 9.47 Å². The van der Waals surface area contributed by atoms with E-state index in [1.165, 1.54) is 64.0 Å². The second-order valence-electron chi connectivity index (χ2n) is 14.1. The number of aromatic hydroxyl groups is 1. The molecule has 0 radical (unpaired) electrons. The summed E-state index contributed by atoms with van der Waals surface area (Å²) < 4.78 is 11.2. The minimum absolute atomic E-state index is 0.00986. The molecule has 1 saturated heterocycles. The van der Waals surface area contributed by atoms with Gasteiger partial charge in [0.2, 0.25) is 35.4 Å². The summed E-state index contributed by atoms with van der Waals surface area (Å²) in [4.78, 5) is 87.8. The van der Waals surface area contributed by atoms with E-state index in [2.05, 4.69) is 16.0 Å². The summed E-state index contributed by atoms with van der Waals surface area (Å²) in [7, 11) is 5.71. The van der Waals surface area contributed by atoms with E-state index in [9.17, 15) is 39.0 Å². The molecule has 16 heteroatoms. The molecule has 6 amide bonds. The predicted molar refractivity (Wildman–Crippen MR) is 203 cm³/mol. The van der Waals surface area contributed by atoms with E-state index in [-0.39, 0.29) is 30.8 Å². The molecule has 6 rings (SSSR count). The number of phenolic OH excluding ortho intramolecular Hbond substituents is 1. The molecule has 3 aliphatic rings. The smallest absolute Gasteiger partial charge is 0.247 e. The van der Waals surface area contributed by atoms with Gasteiger partial charge in [0.1, 0.15) is 47.8 Å². The summed E-state index contributed by atoms with van der Waals surface area (Å²) in [5, 5.41) is 28.6. The molecular weight excluding hydrogens is 724 g/mol. The number of aliphatic hydroxyl groups excluding tert-OH is 1. The van der Waals surface area contributed by atoms with E-state index >= 15 is 0 Å². The molecule has 0 unspecified atom stereocenters. The Morgan fingerprint density at radius 3 is 1.95 bits per heavy atom. The molecule has 0 saturated carbocycles. The van der Waals surface area contributed by atoms with Crippen molar-refractivity contribution in [3.63, 3.8) is 0 Å². The molecule has 5 N–H and O–H groups in total. The van der Waals surface area contributed by atoms with Gasteiger partial charge in [0, 0.05) is 40.4 Å². The molecule has 3 aromatic rings. The number of nitrogens with zero attached hydrogens (tertiary/aromatic N) is 3. The number of fused-ring (bicyclic) bond motifs is 2. The van der Waals surface area contributed by atoms with Crippen LogP contribution >= 0.6 is 0 Å². The monoisotopic (exact) mass is 772 g/mol. The van der Waals surface area contributed by atoms with E-state index in [1.54, 1.807) is 54.6 Å². The summed E-state index contributed by atoms with van der Waals surface area (Å²) in [5.74, 6) is -3.34. The number of hydrogen-bond donors (Lipinski definition) is 5. The van der Waals surface area contributed by atoms with Crippen molar-refractivity contribution in [2.24, 2.45) is 0 Å². The molecule has 3 aromatic carbocycles. The zero-order valence-electron chi connectivity index (χ0n) is 32.1. The third-order valence-electron chi connectivity index (χ3n) is 10.2. The summed E-state index contributed by atoms with van der Waals surface area (Å²) in [6, 6.07) is 10.5. The standard InChI is InChI=1S/C40H48N6O10/c1-22-35(49)43-29(21-47)39(53)44(3)30(17-24-7-12-27(55-6)13-8-24)37(51)42-23(2)38(52)46(5)32-18-25-9-14-28(15-10-25)56-34-20-26(11-16-33(34)48)19-31(36(50)41-22)45(4)40(32)54/h7-16,20,22-23,29-32,47-48H,17-19,21H2,1-6H3,(H,41,50)(H,42,51)(H,43,49)/t22-,23+,29-,30-,31-,32+/m0/s1. The zero-order chi connectivity index (χ0) is 40.8. The Bertz CT molecular complexity index is 1960. The number of benzene rings is 3. The molecule has 298 valence electrons. The van der Waals surface area contributed by atoms with Crippen molar-refractivity contribution in [2.75, 3.05) is 34.9 Å². The van der Waals surface area contributed by atoms with E-state index in [0.29, 0.717) is 28.2 Å². The summed E-state index contributed by atoms with van der Waals surface area (Å²) in [6.45, 7) is 2.01. The second-order valence-corrected chi connectivity index (χ2v) is 14.1. The fourth-order valence-corrected chi connectivity index (χ4v) is 6.70. The van der Waals surface area contributed by atoms with Crippen molar-refractivity contribution in [1.82, 2.24) is 30.7 Å². The van der Waals surface area contributed by atoms with Gasteiger partial charge in [0.15, 0.2) is 11.5 Å². The number of phenols is 1. The van der Waals surface area contributed by atoms with Crippen LogP contribution in [0.2, 0.25) is 0 Å². The lowest BCUT2D eigenvalue weighted by Gasteiger charge is -2.37. The number of ether oxygens (including phenoxy) is 2. The number of rotatable bonds is 4. The van der Waals surface area contributed by atoms with Crippen molar-refractivity contribution in [1.29, 1.82) is 0 Å². The second kappa shape index (κ2) is 17.5. The Morgan fingerprint density at radius 1 is 0.696 bits per heavy atom. The third kappa shape index (κ3) is 9.20. The van der Waals surface area contributed by atoms with Gasteiger partial charge in [-0.05, 0) is 66.9 Å². The topological polar surface area (TPSA) is 207 Å². The van der Waals surface area contributed by atoms with Crippen molar-refractivity contribution in [2.45, 2.75) is 69.4 Å². The molecule has 6 atom stereocenters. The summed E-state index contributed by atoms with van der Waals surface area (Å²) in [6.07, 6.45) is -0.0928. The molecule has 3 aliphatic heterocycles. The number of carbonyl (C=O) groups is 6. The summed E-state index contributed by atoms with van der Waals surface area (Å²) >= 11 is 0. The van der Waals surface area contributed by atoms with Crippen LogP contribution < -0.4 is 25.4 Å². The number of methoxy groups -OCH3 is 1. The van der Waals surface area contributed by atoms with Crippen LogP contribution in [0.1, 0.15) is 30.5 Å². The van der Waals surface area contributed by atoms with Gasteiger partial charge in [-0.1, -0.05) is 30.3 Å². The Labute approximate surface area is 324 Å². The van der Waals surface area contributed by atoms with Gasteiger partial charge >= 0.3 is 0 Å².